The Morgan fingerprint density at radius 3 is 2.64 bits per heavy atom. The number of rotatable bonds is 1. The summed E-state index contributed by atoms with van der Waals surface area (Å²) in [5, 5.41) is 2.69. The number of hydrogen-bond donors (Lipinski definition) is 2. The van der Waals surface area contributed by atoms with Crippen LogP contribution in [0.15, 0.2) is 0 Å². The van der Waals surface area contributed by atoms with Crippen LogP contribution in [0.5, 0.6) is 0 Å². The Balaban J connectivity index is 2.83. The average Bonchev–Trinajstić information content (AvgIpc) is 2.06. The number of amides is 1. The molecule has 0 aromatic rings. The first kappa shape index (κ1) is 11.5. The molecule has 0 radical (unpaired) electrons. The first-order valence-electron chi connectivity index (χ1n) is 4.70. The fraction of sp³-hybridized carbons (Fsp3) is 0.875. The molecule has 0 aromatic heterocycles. The summed E-state index contributed by atoms with van der Waals surface area (Å²) in [6, 6.07) is -0.639. The van der Waals surface area contributed by atoms with E-state index in [4.69, 9.17) is 0 Å². The van der Waals surface area contributed by atoms with Gasteiger partial charge in [0.25, 0.3) is 0 Å². The Morgan fingerprint density at radius 1 is 1.43 bits per heavy atom. The van der Waals surface area contributed by atoms with E-state index in [0.29, 0.717) is 13.0 Å². The lowest BCUT2D eigenvalue weighted by Gasteiger charge is -2.23. The second-order valence-electron chi connectivity index (χ2n) is 3.80. The standard InChI is InChI=1S/C8H16N2O3S/c1-6(2)7-8(11)9-4-3-5-14(12,13)10-7/h6-7,10H,3-5H2,1-2H3,(H,9,11). The van der Waals surface area contributed by atoms with E-state index in [9.17, 15) is 13.2 Å². The van der Waals surface area contributed by atoms with Gasteiger partial charge in [0.1, 0.15) is 6.04 Å². The van der Waals surface area contributed by atoms with Gasteiger partial charge in [0.2, 0.25) is 15.9 Å². The van der Waals surface area contributed by atoms with Crippen molar-refractivity contribution in [2.24, 2.45) is 5.92 Å². The maximum atomic E-state index is 11.5. The molecule has 6 heteroatoms. The van der Waals surface area contributed by atoms with Gasteiger partial charge in [-0.3, -0.25) is 4.79 Å². The number of nitrogens with one attached hydrogen (secondary N) is 2. The molecule has 0 aromatic carbocycles. The van der Waals surface area contributed by atoms with Crippen molar-refractivity contribution in [2.75, 3.05) is 12.3 Å². The minimum atomic E-state index is -3.28. The first-order chi connectivity index (χ1) is 6.42. The monoisotopic (exact) mass is 220 g/mol. The van der Waals surface area contributed by atoms with Crippen LogP contribution in [-0.4, -0.2) is 32.7 Å². The highest BCUT2D eigenvalue weighted by Crippen LogP contribution is 2.06. The molecule has 1 aliphatic heterocycles. The predicted molar refractivity (Wildman–Crippen MR) is 53.2 cm³/mol. The molecule has 0 spiro atoms. The maximum Gasteiger partial charge on any atom is 0.238 e. The molecule has 1 saturated heterocycles. The molecule has 5 nitrogen and oxygen atoms in total. The van der Waals surface area contributed by atoms with Gasteiger partial charge >= 0.3 is 0 Å². The minimum Gasteiger partial charge on any atom is -0.355 e. The van der Waals surface area contributed by atoms with Gasteiger partial charge in [0.15, 0.2) is 0 Å². The SMILES string of the molecule is CC(C)C1NS(=O)(=O)CCCNC1=O. The van der Waals surface area contributed by atoms with E-state index in [1.54, 1.807) is 0 Å². The van der Waals surface area contributed by atoms with Gasteiger partial charge in [-0.15, -0.1) is 0 Å². The lowest BCUT2D eigenvalue weighted by atomic mass is 10.1. The summed E-state index contributed by atoms with van der Waals surface area (Å²) in [5.41, 5.74) is 0. The maximum absolute atomic E-state index is 11.5. The van der Waals surface area contributed by atoms with E-state index in [1.165, 1.54) is 0 Å². The third-order valence-corrected chi connectivity index (χ3v) is 3.58. The van der Waals surface area contributed by atoms with Gasteiger partial charge in [-0.05, 0) is 12.3 Å². The first-order valence-corrected chi connectivity index (χ1v) is 6.35. The van der Waals surface area contributed by atoms with Crippen molar-refractivity contribution in [3.63, 3.8) is 0 Å². The van der Waals surface area contributed by atoms with Crippen molar-refractivity contribution in [1.29, 1.82) is 0 Å². The molecular formula is C8H16N2O3S. The highest BCUT2D eigenvalue weighted by atomic mass is 32.2. The lowest BCUT2D eigenvalue weighted by Crippen LogP contribution is -2.52. The molecule has 14 heavy (non-hydrogen) atoms. The van der Waals surface area contributed by atoms with Gasteiger partial charge in [0, 0.05) is 6.54 Å². The quantitative estimate of drug-likeness (QED) is 0.622. The third-order valence-electron chi connectivity index (χ3n) is 2.14. The van der Waals surface area contributed by atoms with Crippen LogP contribution in [0, 0.1) is 5.92 Å². The Kier molecular flexibility index (Phi) is 3.49. The van der Waals surface area contributed by atoms with Gasteiger partial charge < -0.3 is 5.32 Å². The Hall–Kier alpha value is -0.620. The van der Waals surface area contributed by atoms with Crippen molar-refractivity contribution in [3.8, 4) is 0 Å². The highest BCUT2D eigenvalue weighted by molar-refractivity contribution is 7.89. The van der Waals surface area contributed by atoms with Crippen molar-refractivity contribution in [2.45, 2.75) is 26.3 Å². The van der Waals surface area contributed by atoms with E-state index in [2.05, 4.69) is 10.0 Å². The second-order valence-corrected chi connectivity index (χ2v) is 5.68. The Labute approximate surface area is 84.3 Å². The Morgan fingerprint density at radius 2 is 2.07 bits per heavy atom. The van der Waals surface area contributed by atoms with Crippen LogP contribution in [0.1, 0.15) is 20.3 Å². The lowest BCUT2D eigenvalue weighted by molar-refractivity contribution is -0.123. The van der Waals surface area contributed by atoms with Crippen LogP contribution in [-0.2, 0) is 14.8 Å². The summed E-state index contributed by atoms with van der Waals surface area (Å²) in [6.45, 7) is 4.06. The molecule has 1 atom stereocenters. The molecule has 2 N–H and O–H groups in total. The summed E-state index contributed by atoms with van der Waals surface area (Å²) in [7, 11) is -3.28. The number of carbonyl (C=O) groups excluding carboxylic acids is 1. The van der Waals surface area contributed by atoms with Gasteiger partial charge in [-0.2, -0.15) is 0 Å². The van der Waals surface area contributed by atoms with Crippen molar-refractivity contribution >= 4 is 15.9 Å². The zero-order valence-corrected chi connectivity index (χ0v) is 9.23. The van der Waals surface area contributed by atoms with Crippen LogP contribution in [0.4, 0.5) is 0 Å². The zero-order chi connectivity index (χ0) is 10.8. The summed E-state index contributed by atoms with van der Waals surface area (Å²) in [4.78, 5) is 11.5. The molecule has 0 bridgehead atoms. The number of carbonyl (C=O) groups is 1. The highest BCUT2D eigenvalue weighted by Gasteiger charge is 2.28. The topological polar surface area (TPSA) is 75.3 Å². The fourth-order valence-electron chi connectivity index (χ4n) is 1.33. The molecule has 1 aliphatic rings. The van der Waals surface area contributed by atoms with E-state index in [1.807, 2.05) is 13.8 Å². The molecule has 1 rings (SSSR count). The predicted octanol–water partition coefficient (Wildman–Crippen LogP) is -0.550. The van der Waals surface area contributed by atoms with Crippen LogP contribution in [0.2, 0.25) is 0 Å². The average molecular weight is 220 g/mol. The van der Waals surface area contributed by atoms with Crippen LogP contribution < -0.4 is 10.0 Å². The summed E-state index contributed by atoms with van der Waals surface area (Å²) >= 11 is 0. The summed E-state index contributed by atoms with van der Waals surface area (Å²) < 4.78 is 25.2. The smallest absolute Gasteiger partial charge is 0.238 e. The van der Waals surface area contributed by atoms with Crippen molar-refractivity contribution in [1.82, 2.24) is 10.0 Å². The molecule has 0 aliphatic carbocycles. The van der Waals surface area contributed by atoms with E-state index in [0.717, 1.165) is 0 Å². The fourth-order valence-corrected chi connectivity index (χ4v) is 2.74. The molecular weight excluding hydrogens is 204 g/mol. The second kappa shape index (κ2) is 4.27. The molecule has 1 unspecified atom stereocenters. The van der Waals surface area contributed by atoms with Crippen molar-refractivity contribution < 1.29 is 13.2 Å². The normalized spacial score (nSPS) is 27.9. The van der Waals surface area contributed by atoms with Crippen LogP contribution >= 0.6 is 0 Å². The molecule has 1 amide bonds. The number of sulfonamides is 1. The third kappa shape index (κ3) is 2.95. The van der Waals surface area contributed by atoms with E-state index in [-0.39, 0.29) is 17.6 Å². The largest absolute Gasteiger partial charge is 0.355 e. The van der Waals surface area contributed by atoms with Gasteiger partial charge in [-0.1, -0.05) is 13.8 Å². The molecule has 0 saturated carbocycles. The van der Waals surface area contributed by atoms with E-state index >= 15 is 0 Å². The van der Waals surface area contributed by atoms with Crippen LogP contribution in [0.25, 0.3) is 0 Å². The molecule has 1 heterocycles. The minimum absolute atomic E-state index is 0.0390. The summed E-state index contributed by atoms with van der Waals surface area (Å²) in [5.74, 6) is -0.192. The van der Waals surface area contributed by atoms with Gasteiger partial charge in [-0.25, -0.2) is 13.1 Å². The van der Waals surface area contributed by atoms with E-state index < -0.39 is 16.1 Å². The van der Waals surface area contributed by atoms with Gasteiger partial charge in [0.05, 0.1) is 5.75 Å². The summed E-state index contributed by atoms with van der Waals surface area (Å²) in [6.07, 6.45) is 0.464. The van der Waals surface area contributed by atoms with Crippen molar-refractivity contribution in [3.05, 3.63) is 0 Å². The van der Waals surface area contributed by atoms with Crippen LogP contribution in [0.3, 0.4) is 0 Å². The number of hydrogen-bond acceptors (Lipinski definition) is 3. The molecule has 82 valence electrons. The zero-order valence-electron chi connectivity index (χ0n) is 8.41. The molecule has 1 fully saturated rings. The Bertz CT molecular complexity index is 311.